The van der Waals surface area contributed by atoms with Gasteiger partial charge in [-0.3, -0.25) is 14.5 Å². The average Bonchev–Trinajstić information content (AvgIpc) is 2.59. The van der Waals surface area contributed by atoms with E-state index in [-0.39, 0.29) is 17.7 Å². The number of nitrogens with zero attached hydrogens (tertiary/aromatic N) is 1. The maximum absolute atomic E-state index is 12.1. The summed E-state index contributed by atoms with van der Waals surface area (Å²) in [6, 6.07) is 7.71. The number of likely N-dealkylation sites (tertiary alicyclic amines) is 1. The standard InChI is InChI=1S/C20H32N4O2/c1-14(2)9-18(21)20(26)23-11-15-5-3-6-16(10-15)12-24-8-4-7-17(13-24)19(22)25/h3,5-6,10,14,17-18H,4,7-9,11-13,21H2,1-2H3,(H2,22,25)(H,23,26)/t17?,18-/m0/s1. The van der Waals surface area contributed by atoms with Gasteiger partial charge in [0.2, 0.25) is 11.8 Å². The second-order valence-corrected chi connectivity index (χ2v) is 7.75. The van der Waals surface area contributed by atoms with Crippen LogP contribution in [0.15, 0.2) is 24.3 Å². The second kappa shape index (κ2) is 9.69. The van der Waals surface area contributed by atoms with Gasteiger partial charge in [0.15, 0.2) is 0 Å². The van der Waals surface area contributed by atoms with Gasteiger partial charge in [-0.25, -0.2) is 0 Å². The van der Waals surface area contributed by atoms with Crippen molar-refractivity contribution >= 4 is 11.8 Å². The molecule has 0 radical (unpaired) electrons. The molecule has 2 rings (SSSR count). The molecule has 1 heterocycles. The molecule has 0 bridgehead atoms. The first-order valence-corrected chi connectivity index (χ1v) is 9.48. The molecule has 0 aliphatic carbocycles. The van der Waals surface area contributed by atoms with E-state index in [0.717, 1.165) is 38.0 Å². The van der Waals surface area contributed by atoms with Gasteiger partial charge in [-0.1, -0.05) is 38.1 Å². The van der Waals surface area contributed by atoms with Gasteiger partial charge >= 0.3 is 0 Å². The van der Waals surface area contributed by atoms with Crippen LogP contribution in [-0.4, -0.2) is 35.8 Å². The molecule has 1 unspecified atom stereocenters. The molecule has 0 spiro atoms. The highest BCUT2D eigenvalue weighted by Crippen LogP contribution is 2.18. The van der Waals surface area contributed by atoms with Crippen molar-refractivity contribution < 1.29 is 9.59 Å². The van der Waals surface area contributed by atoms with Gasteiger partial charge < -0.3 is 16.8 Å². The van der Waals surface area contributed by atoms with Gasteiger partial charge in [0.25, 0.3) is 0 Å². The number of nitrogens with two attached hydrogens (primary N) is 2. The van der Waals surface area contributed by atoms with Crippen LogP contribution in [0.25, 0.3) is 0 Å². The molecule has 0 saturated carbocycles. The highest BCUT2D eigenvalue weighted by atomic mass is 16.2. The Hall–Kier alpha value is -1.92. The van der Waals surface area contributed by atoms with Crippen molar-refractivity contribution in [3.63, 3.8) is 0 Å². The Labute approximate surface area is 156 Å². The fourth-order valence-electron chi connectivity index (χ4n) is 3.46. The van der Waals surface area contributed by atoms with Crippen LogP contribution in [0.5, 0.6) is 0 Å². The van der Waals surface area contributed by atoms with Crippen molar-refractivity contribution in [3.8, 4) is 0 Å². The first-order chi connectivity index (χ1) is 12.3. The van der Waals surface area contributed by atoms with Crippen molar-refractivity contribution in [1.82, 2.24) is 10.2 Å². The molecule has 26 heavy (non-hydrogen) atoms. The molecule has 1 saturated heterocycles. The first-order valence-electron chi connectivity index (χ1n) is 9.48. The van der Waals surface area contributed by atoms with Crippen LogP contribution in [-0.2, 0) is 22.7 Å². The van der Waals surface area contributed by atoms with E-state index in [2.05, 4.69) is 36.2 Å². The fourth-order valence-corrected chi connectivity index (χ4v) is 3.46. The Morgan fingerprint density at radius 1 is 1.31 bits per heavy atom. The van der Waals surface area contributed by atoms with E-state index in [9.17, 15) is 9.59 Å². The van der Waals surface area contributed by atoms with Crippen LogP contribution in [0.3, 0.4) is 0 Å². The lowest BCUT2D eigenvalue weighted by Gasteiger charge is -2.31. The summed E-state index contributed by atoms with van der Waals surface area (Å²) in [5, 5.41) is 2.92. The van der Waals surface area contributed by atoms with Crippen molar-refractivity contribution in [1.29, 1.82) is 0 Å². The monoisotopic (exact) mass is 360 g/mol. The normalized spacial score (nSPS) is 19.3. The van der Waals surface area contributed by atoms with Crippen molar-refractivity contribution in [2.45, 2.75) is 52.2 Å². The zero-order chi connectivity index (χ0) is 19.1. The first kappa shape index (κ1) is 20.4. The third-order valence-corrected chi connectivity index (χ3v) is 4.83. The van der Waals surface area contributed by atoms with Gasteiger partial charge in [-0.2, -0.15) is 0 Å². The molecular formula is C20H32N4O2. The quantitative estimate of drug-likeness (QED) is 0.652. The number of carbonyl (C=O) groups excluding carboxylic acids is 2. The number of hydrogen-bond donors (Lipinski definition) is 3. The summed E-state index contributed by atoms with van der Waals surface area (Å²) in [6.45, 7) is 7.08. The molecule has 5 N–H and O–H groups in total. The minimum absolute atomic E-state index is 0.0475. The third-order valence-electron chi connectivity index (χ3n) is 4.83. The van der Waals surface area contributed by atoms with E-state index in [1.165, 1.54) is 5.56 Å². The Morgan fingerprint density at radius 2 is 2.04 bits per heavy atom. The highest BCUT2D eigenvalue weighted by molar-refractivity contribution is 5.81. The predicted molar refractivity (Wildman–Crippen MR) is 103 cm³/mol. The number of rotatable bonds is 8. The minimum Gasteiger partial charge on any atom is -0.369 e. The van der Waals surface area contributed by atoms with Crippen LogP contribution in [0.4, 0.5) is 0 Å². The molecule has 1 aliphatic heterocycles. The number of nitrogens with one attached hydrogen (secondary N) is 1. The highest BCUT2D eigenvalue weighted by Gasteiger charge is 2.23. The van der Waals surface area contributed by atoms with Gasteiger partial charge in [-0.05, 0) is 42.9 Å². The van der Waals surface area contributed by atoms with E-state index in [1.54, 1.807) is 0 Å². The van der Waals surface area contributed by atoms with Crippen LogP contribution in [0.2, 0.25) is 0 Å². The SMILES string of the molecule is CC(C)C[C@H](N)C(=O)NCc1cccc(CN2CCCC(C(N)=O)C2)c1. The predicted octanol–water partition coefficient (Wildman–Crippen LogP) is 1.37. The van der Waals surface area contributed by atoms with Crippen LogP contribution in [0.1, 0.15) is 44.2 Å². The number of carbonyl (C=O) groups is 2. The van der Waals surface area contributed by atoms with Gasteiger partial charge in [0, 0.05) is 19.6 Å². The molecule has 2 atom stereocenters. The van der Waals surface area contributed by atoms with E-state index < -0.39 is 6.04 Å². The Morgan fingerprint density at radius 3 is 2.73 bits per heavy atom. The smallest absolute Gasteiger partial charge is 0.237 e. The van der Waals surface area contributed by atoms with E-state index in [4.69, 9.17) is 11.5 Å². The Bertz CT molecular complexity index is 618. The zero-order valence-corrected chi connectivity index (χ0v) is 15.9. The zero-order valence-electron chi connectivity index (χ0n) is 15.9. The topological polar surface area (TPSA) is 101 Å². The van der Waals surface area contributed by atoms with Crippen LogP contribution >= 0.6 is 0 Å². The van der Waals surface area contributed by atoms with Crippen molar-refractivity contribution in [2.24, 2.45) is 23.3 Å². The fraction of sp³-hybridized carbons (Fsp3) is 0.600. The Kier molecular flexibility index (Phi) is 7.60. The second-order valence-electron chi connectivity index (χ2n) is 7.75. The third kappa shape index (κ3) is 6.42. The molecule has 1 aromatic carbocycles. The number of benzene rings is 1. The lowest BCUT2D eigenvalue weighted by atomic mass is 9.97. The van der Waals surface area contributed by atoms with E-state index >= 15 is 0 Å². The molecule has 1 fully saturated rings. The summed E-state index contributed by atoms with van der Waals surface area (Å²) >= 11 is 0. The average molecular weight is 361 g/mol. The lowest BCUT2D eigenvalue weighted by Crippen LogP contribution is -2.41. The van der Waals surface area contributed by atoms with E-state index in [0.29, 0.717) is 18.9 Å². The number of hydrogen-bond acceptors (Lipinski definition) is 4. The summed E-state index contributed by atoms with van der Waals surface area (Å²) in [5.41, 5.74) is 13.6. The summed E-state index contributed by atoms with van der Waals surface area (Å²) in [4.78, 5) is 25.8. The molecule has 144 valence electrons. The summed E-state index contributed by atoms with van der Waals surface area (Å²) in [5.74, 6) is 0.0369. The molecule has 1 aliphatic rings. The van der Waals surface area contributed by atoms with Crippen LogP contribution < -0.4 is 16.8 Å². The minimum atomic E-state index is -0.461. The maximum atomic E-state index is 12.1. The van der Waals surface area contributed by atoms with Gasteiger partial charge in [0.1, 0.15) is 0 Å². The molecule has 6 nitrogen and oxygen atoms in total. The number of primary amides is 1. The molecule has 1 aromatic rings. The van der Waals surface area contributed by atoms with Gasteiger partial charge in [-0.15, -0.1) is 0 Å². The largest absolute Gasteiger partial charge is 0.369 e. The van der Waals surface area contributed by atoms with Crippen molar-refractivity contribution in [2.75, 3.05) is 13.1 Å². The number of piperidine rings is 1. The number of amides is 2. The van der Waals surface area contributed by atoms with Crippen LogP contribution in [0, 0.1) is 11.8 Å². The van der Waals surface area contributed by atoms with Crippen molar-refractivity contribution in [3.05, 3.63) is 35.4 Å². The van der Waals surface area contributed by atoms with Gasteiger partial charge in [0.05, 0.1) is 12.0 Å². The summed E-state index contributed by atoms with van der Waals surface area (Å²) in [7, 11) is 0. The molecule has 6 heteroatoms. The lowest BCUT2D eigenvalue weighted by molar-refractivity contribution is -0.124. The Balaban J connectivity index is 1.87. The summed E-state index contributed by atoms with van der Waals surface area (Å²) in [6.07, 6.45) is 2.56. The summed E-state index contributed by atoms with van der Waals surface area (Å²) < 4.78 is 0. The van der Waals surface area contributed by atoms with E-state index in [1.807, 2.05) is 12.1 Å². The molecular weight excluding hydrogens is 328 g/mol. The maximum Gasteiger partial charge on any atom is 0.237 e. The molecule has 2 amide bonds. The molecule has 0 aromatic heterocycles.